The van der Waals surface area contributed by atoms with Gasteiger partial charge in [0.1, 0.15) is 6.04 Å². The van der Waals surface area contributed by atoms with E-state index < -0.39 is 6.04 Å². The maximum atomic E-state index is 11.1. The maximum absolute atomic E-state index is 11.1. The van der Waals surface area contributed by atoms with Crippen LogP contribution in [0.1, 0.15) is 6.92 Å². The van der Waals surface area contributed by atoms with E-state index in [0.717, 1.165) is 0 Å². The van der Waals surface area contributed by atoms with Gasteiger partial charge in [-0.1, -0.05) is 0 Å². The van der Waals surface area contributed by atoms with Gasteiger partial charge in [-0.05, 0) is 6.92 Å². The molecule has 0 radical (unpaired) electrons. The highest BCUT2D eigenvalue weighted by Crippen LogP contribution is 2.07. The number of carbonyl (C=O) groups is 1. The van der Waals surface area contributed by atoms with E-state index in [2.05, 4.69) is 0 Å². The summed E-state index contributed by atoms with van der Waals surface area (Å²) >= 11 is 1.50. The number of hydrogen-bond acceptors (Lipinski definition) is 6. The molecule has 0 bridgehead atoms. The van der Waals surface area contributed by atoms with Crippen molar-refractivity contribution in [3.8, 4) is 0 Å². The second-order valence-corrected chi connectivity index (χ2v) is 3.87. The van der Waals surface area contributed by atoms with Crippen LogP contribution >= 0.6 is 11.8 Å². The summed E-state index contributed by atoms with van der Waals surface area (Å²) in [5.74, 6) is 0.777. The van der Waals surface area contributed by atoms with Crippen molar-refractivity contribution in [2.45, 2.75) is 19.3 Å². The van der Waals surface area contributed by atoms with Crippen LogP contribution in [0.5, 0.6) is 0 Å². The lowest BCUT2D eigenvalue weighted by atomic mass is 10.4. The van der Waals surface area contributed by atoms with Crippen molar-refractivity contribution in [3.05, 3.63) is 0 Å². The number of carbonyl (C=O) groups excluding carboxylic acids is 1. The molecule has 90 valence electrons. The first kappa shape index (κ1) is 14.7. The summed E-state index contributed by atoms with van der Waals surface area (Å²) in [5, 5.41) is 0. The molecule has 0 aliphatic carbocycles. The lowest BCUT2D eigenvalue weighted by Crippen LogP contribution is -2.35. The van der Waals surface area contributed by atoms with Crippen molar-refractivity contribution in [1.29, 1.82) is 0 Å². The summed E-state index contributed by atoms with van der Waals surface area (Å²) in [6.07, 6.45) is -0.260. The van der Waals surface area contributed by atoms with Gasteiger partial charge in [0, 0.05) is 25.7 Å². The van der Waals surface area contributed by atoms with E-state index in [4.69, 9.17) is 19.9 Å². The minimum absolute atomic E-state index is 0.260. The topological polar surface area (TPSA) is 70.8 Å². The number of esters is 1. The van der Waals surface area contributed by atoms with Crippen molar-refractivity contribution < 1.29 is 19.0 Å². The number of hydrogen-bond donors (Lipinski definition) is 1. The highest BCUT2D eigenvalue weighted by atomic mass is 32.2. The molecule has 0 heterocycles. The van der Waals surface area contributed by atoms with Crippen molar-refractivity contribution >= 4 is 17.7 Å². The zero-order chi connectivity index (χ0) is 11.7. The fraction of sp³-hybridized carbons (Fsp3) is 0.889. The Morgan fingerprint density at radius 3 is 2.40 bits per heavy atom. The Kier molecular flexibility index (Phi) is 8.79. The van der Waals surface area contributed by atoms with E-state index in [9.17, 15) is 4.79 Å². The molecule has 0 aliphatic rings. The van der Waals surface area contributed by atoms with Gasteiger partial charge >= 0.3 is 5.97 Å². The minimum Gasteiger partial charge on any atom is -0.465 e. The normalized spacial score (nSPS) is 12.9. The van der Waals surface area contributed by atoms with Gasteiger partial charge < -0.3 is 19.9 Å². The summed E-state index contributed by atoms with van der Waals surface area (Å²) in [7, 11) is 3.14. The first-order valence-corrected chi connectivity index (χ1v) is 5.86. The second kappa shape index (κ2) is 8.96. The van der Waals surface area contributed by atoms with Crippen LogP contribution in [0.2, 0.25) is 0 Å². The molecular formula is C9H19NO4S. The number of thioether (sulfide) groups is 1. The van der Waals surface area contributed by atoms with E-state index in [1.54, 1.807) is 21.1 Å². The highest BCUT2D eigenvalue weighted by Gasteiger charge is 2.15. The van der Waals surface area contributed by atoms with E-state index >= 15 is 0 Å². The molecule has 0 aromatic carbocycles. The molecule has 1 atom stereocenters. The SMILES string of the molecule is CCOC(=O)C(N)CSCC(OC)OC. The predicted octanol–water partition coefficient (Wildman–Crippen LogP) is 0.229. The Hall–Kier alpha value is -0.300. The number of ether oxygens (including phenoxy) is 3. The highest BCUT2D eigenvalue weighted by molar-refractivity contribution is 7.99. The van der Waals surface area contributed by atoms with Gasteiger partial charge in [-0.25, -0.2) is 0 Å². The molecule has 0 amide bonds. The van der Waals surface area contributed by atoms with E-state index in [1.807, 2.05) is 0 Å². The summed E-state index contributed by atoms with van der Waals surface area (Å²) in [6, 6.07) is -0.579. The first-order valence-electron chi connectivity index (χ1n) is 4.71. The first-order chi connectivity index (χ1) is 7.15. The Labute approximate surface area is 94.6 Å². The summed E-state index contributed by atoms with van der Waals surface area (Å²) in [6.45, 7) is 2.11. The number of methoxy groups -OCH3 is 2. The van der Waals surface area contributed by atoms with Crippen molar-refractivity contribution in [3.63, 3.8) is 0 Å². The summed E-state index contributed by atoms with van der Waals surface area (Å²) in [4.78, 5) is 11.1. The zero-order valence-electron chi connectivity index (χ0n) is 9.39. The molecule has 0 aromatic rings. The molecule has 0 aromatic heterocycles. The summed E-state index contributed by atoms with van der Waals surface area (Å²) in [5.41, 5.74) is 5.60. The molecule has 1 unspecified atom stereocenters. The lowest BCUT2D eigenvalue weighted by Gasteiger charge is -2.14. The molecule has 6 heteroatoms. The molecule has 0 saturated heterocycles. The average molecular weight is 237 g/mol. The Balaban J connectivity index is 3.61. The zero-order valence-corrected chi connectivity index (χ0v) is 10.2. The van der Waals surface area contributed by atoms with Crippen LogP contribution in [-0.2, 0) is 19.0 Å². The molecule has 15 heavy (non-hydrogen) atoms. The van der Waals surface area contributed by atoms with Crippen LogP contribution in [0.3, 0.4) is 0 Å². The second-order valence-electron chi connectivity index (χ2n) is 2.80. The molecule has 0 aliphatic heterocycles. The molecule has 5 nitrogen and oxygen atoms in total. The van der Waals surface area contributed by atoms with Crippen LogP contribution in [0.15, 0.2) is 0 Å². The van der Waals surface area contributed by atoms with E-state index in [1.165, 1.54) is 11.8 Å². The van der Waals surface area contributed by atoms with Crippen LogP contribution in [0.25, 0.3) is 0 Å². The van der Waals surface area contributed by atoms with Gasteiger partial charge in [0.25, 0.3) is 0 Å². The predicted molar refractivity (Wildman–Crippen MR) is 59.7 cm³/mol. The Bertz CT molecular complexity index is 175. The Morgan fingerprint density at radius 1 is 1.33 bits per heavy atom. The van der Waals surface area contributed by atoms with Crippen LogP contribution < -0.4 is 5.73 Å². The van der Waals surface area contributed by atoms with Crippen molar-refractivity contribution in [1.82, 2.24) is 0 Å². The van der Waals surface area contributed by atoms with Gasteiger partial charge in [0.15, 0.2) is 6.29 Å². The number of nitrogens with two attached hydrogens (primary N) is 1. The molecule has 0 spiro atoms. The molecule has 0 fully saturated rings. The smallest absolute Gasteiger partial charge is 0.323 e. The third-order valence-corrected chi connectivity index (χ3v) is 2.77. The van der Waals surface area contributed by atoms with Gasteiger partial charge in [-0.15, -0.1) is 0 Å². The molecule has 0 rings (SSSR count). The standard InChI is InChI=1S/C9H19NO4S/c1-4-14-9(11)7(10)5-15-6-8(12-2)13-3/h7-8H,4-6,10H2,1-3H3. The van der Waals surface area contributed by atoms with Gasteiger partial charge in [-0.3, -0.25) is 4.79 Å². The van der Waals surface area contributed by atoms with Gasteiger partial charge in [0.05, 0.1) is 6.61 Å². The van der Waals surface area contributed by atoms with E-state index in [0.29, 0.717) is 18.1 Å². The average Bonchev–Trinajstić information content (AvgIpc) is 2.24. The van der Waals surface area contributed by atoms with Crippen LogP contribution in [0.4, 0.5) is 0 Å². The van der Waals surface area contributed by atoms with Gasteiger partial charge in [-0.2, -0.15) is 11.8 Å². The van der Waals surface area contributed by atoms with Crippen molar-refractivity contribution in [2.75, 3.05) is 32.3 Å². The minimum atomic E-state index is -0.579. The molecular weight excluding hydrogens is 218 g/mol. The number of rotatable bonds is 8. The molecule has 0 saturated carbocycles. The van der Waals surface area contributed by atoms with Gasteiger partial charge in [0.2, 0.25) is 0 Å². The molecule has 2 N–H and O–H groups in total. The Morgan fingerprint density at radius 2 is 1.93 bits per heavy atom. The fourth-order valence-corrected chi connectivity index (χ4v) is 1.83. The largest absolute Gasteiger partial charge is 0.465 e. The van der Waals surface area contributed by atoms with Crippen LogP contribution in [-0.4, -0.2) is 50.6 Å². The quantitative estimate of drug-likeness (QED) is 0.481. The van der Waals surface area contributed by atoms with Crippen molar-refractivity contribution in [2.24, 2.45) is 5.73 Å². The monoisotopic (exact) mass is 237 g/mol. The van der Waals surface area contributed by atoms with Crippen LogP contribution in [0, 0.1) is 0 Å². The maximum Gasteiger partial charge on any atom is 0.323 e. The lowest BCUT2D eigenvalue weighted by molar-refractivity contribution is -0.144. The summed E-state index contributed by atoms with van der Waals surface area (Å²) < 4.78 is 14.8. The third kappa shape index (κ3) is 6.72. The van der Waals surface area contributed by atoms with E-state index in [-0.39, 0.29) is 12.3 Å². The third-order valence-electron chi connectivity index (χ3n) is 1.67. The fourth-order valence-electron chi connectivity index (χ4n) is 0.841.